The first-order valence-electron chi connectivity index (χ1n) is 6.46. The third kappa shape index (κ3) is 5.46. The fourth-order valence-electron chi connectivity index (χ4n) is 1.66. The van der Waals surface area contributed by atoms with Crippen LogP contribution in [0.5, 0.6) is 5.88 Å². The van der Waals surface area contributed by atoms with Crippen LogP contribution < -0.4 is 10.1 Å². The highest BCUT2D eigenvalue weighted by molar-refractivity contribution is 5.48. The van der Waals surface area contributed by atoms with Gasteiger partial charge < -0.3 is 10.1 Å². The first-order valence-corrected chi connectivity index (χ1v) is 6.46. The standard InChI is InChI=1S/C14H12F3N3O3/c15-14(16,17)9-23-13-6-1-10(8-19-13)7-18-11-2-4-12(5-3-11)20(21)22/h1-6,8,18H,7,9H2. The molecule has 0 fully saturated rings. The molecule has 2 rings (SSSR count). The van der Waals surface area contributed by atoms with Crippen LogP contribution in [0.3, 0.4) is 0 Å². The number of alkyl halides is 3. The summed E-state index contributed by atoms with van der Waals surface area (Å²) in [7, 11) is 0. The predicted octanol–water partition coefficient (Wildman–Crippen LogP) is 3.54. The summed E-state index contributed by atoms with van der Waals surface area (Å²) in [6.45, 7) is -1.02. The molecule has 6 nitrogen and oxygen atoms in total. The van der Waals surface area contributed by atoms with Gasteiger partial charge in [0.25, 0.3) is 5.69 Å². The number of ether oxygens (including phenoxy) is 1. The lowest BCUT2D eigenvalue weighted by Crippen LogP contribution is -2.19. The number of benzene rings is 1. The first-order chi connectivity index (χ1) is 10.8. The van der Waals surface area contributed by atoms with Crippen molar-refractivity contribution < 1.29 is 22.8 Å². The van der Waals surface area contributed by atoms with E-state index in [0.29, 0.717) is 12.2 Å². The van der Waals surface area contributed by atoms with Crippen LogP contribution in [0.1, 0.15) is 5.56 Å². The Morgan fingerprint density at radius 2 is 1.87 bits per heavy atom. The molecule has 0 radical (unpaired) electrons. The summed E-state index contributed by atoms with van der Waals surface area (Å²) in [4.78, 5) is 13.8. The van der Waals surface area contributed by atoms with Crippen molar-refractivity contribution in [1.82, 2.24) is 4.98 Å². The Kier molecular flexibility index (Phi) is 4.99. The molecule has 0 atom stereocenters. The minimum atomic E-state index is -4.40. The number of pyridine rings is 1. The third-order valence-electron chi connectivity index (χ3n) is 2.76. The summed E-state index contributed by atoms with van der Waals surface area (Å²) in [5, 5.41) is 13.6. The van der Waals surface area contributed by atoms with Crippen molar-refractivity contribution in [3.8, 4) is 5.88 Å². The molecule has 0 unspecified atom stereocenters. The van der Waals surface area contributed by atoms with Gasteiger partial charge in [0.15, 0.2) is 6.61 Å². The lowest BCUT2D eigenvalue weighted by atomic mass is 10.2. The lowest BCUT2D eigenvalue weighted by Gasteiger charge is -2.09. The van der Waals surface area contributed by atoms with Gasteiger partial charge in [-0.3, -0.25) is 10.1 Å². The Balaban J connectivity index is 1.87. The molecule has 1 aromatic heterocycles. The van der Waals surface area contributed by atoms with Gasteiger partial charge in [-0.25, -0.2) is 4.98 Å². The van der Waals surface area contributed by atoms with Gasteiger partial charge in [0, 0.05) is 36.6 Å². The minimum Gasteiger partial charge on any atom is -0.468 e. The molecule has 122 valence electrons. The second-order valence-electron chi connectivity index (χ2n) is 4.57. The van der Waals surface area contributed by atoms with Gasteiger partial charge in [0.05, 0.1) is 4.92 Å². The SMILES string of the molecule is O=[N+]([O-])c1ccc(NCc2ccc(OCC(F)(F)F)nc2)cc1. The Bertz CT molecular complexity index is 658. The zero-order chi connectivity index (χ0) is 16.9. The lowest BCUT2D eigenvalue weighted by molar-refractivity contribution is -0.384. The Morgan fingerprint density at radius 3 is 2.39 bits per heavy atom. The number of nitrogens with zero attached hydrogens (tertiary/aromatic N) is 2. The second-order valence-corrected chi connectivity index (χ2v) is 4.57. The van der Waals surface area contributed by atoms with Gasteiger partial charge in [-0.05, 0) is 17.7 Å². The van der Waals surface area contributed by atoms with E-state index in [4.69, 9.17) is 0 Å². The van der Waals surface area contributed by atoms with E-state index in [-0.39, 0.29) is 11.6 Å². The van der Waals surface area contributed by atoms with E-state index >= 15 is 0 Å². The zero-order valence-electron chi connectivity index (χ0n) is 11.7. The molecule has 0 saturated carbocycles. The maximum absolute atomic E-state index is 12.0. The fraction of sp³-hybridized carbons (Fsp3) is 0.214. The quantitative estimate of drug-likeness (QED) is 0.648. The third-order valence-corrected chi connectivity index (χ3v) is 2.76. The van der Waals surface area contributed by atoms with Crippen LogP contribution in [0.2, 0.25) is 0 Å². The Morgan fingerprint density at radius 1 is 1.17 bits per heavy atom. The molecule has 1 aromatic carbocycles. The van der Waals surface area contributed by atoms with Crippen molar-refractivity contribution in [2.24, 2.45) is 0 Å². The molecule has 0 aliphatic carbocycles. The van der Waals surface area contributed by atoms with Crippen LogP contribution in [0.15, 0.2) is 42.6 Å². The number of nitro groups is 1. The van der Waals surface area contributed by atoms with Crippen molar-refractivity contribution in [3.05, 3.63) is 58.3 Å². The van der Waals surface area contributed by atoms with Crippen LogP contribution in [0.25, 0.3) is 0 Å². The maximum Gasteiger partial charge on any atom is 0.422 e. The fourth-order valence-corrected chi connectivity index (χ4v) is 1.66. The first kappa shape index (κ1) is 16.5. The average Bonchev–Trinajstić information content (AvgIpc) is 2.51. The topological polar surface area (TPSA) is 77.3 Å². The van der Waals surface area contributed by atoms with Crippen LogP contribution in [0.4, 0.5) is 24.5 Å². The molecule has 0 saturated heterocycles. The molecule has 23 heavy (non-hydrogen) atoms. The van der Waals surface area contributed by atoms with E-state index in [1.807, 2.05) is 0 Å². The molecule has 2 aromatic rings. The summed E-state index contributed by atoms with van der Waals surface area (Å²) in [6.07, 6.45) is -3.01. The molecule has 9 heteroatoms. The van der Waals surface area contributed by atoms with E-state index < -0.39 is 17.7 Å². The van der Waals surface area contributed by atoms with Gasteiger partial charge in [-0.15, -0.1) is 0 Å². The van der Waals surface area contributed by atoms with Crippen molar-refractivity contribution in [2.75, 3.05) is 11.9 Å². The largest absolute Gasteiger partial charge is 0.468 e. The van der Waals surface area contributed by atoms with Crippen LogP contribution >= 0.6 is 0 Å². The van der Waals surface area contributed by atoms with Crippen molar-refractivity contribution in [3.63, 3.8) is 0 Å². The van der Waals surface area contributed by atoms with Crippen molar-refractivity contribution >= 4 is 11.4 Å². The highest BCUT2D eigenvalue weighted by Gasteiger charge is 2.28. The van der Waals surface area contributed by atoms with Crippen molar-refractivity contribution in [1.29, 1.82) is 0 Å². The monoisotopic (exact) mass is 327 g/mol. The molecular formula is C14H12F3N3O3. The van der Waals surface area contributed by atoms with Crippen LogP contribution in [-0.4, -0.2) is 22.7 Å². The molecule has 1 N–H and O–H groups in total. The number of nitro benzene ring substituents is 1. The maximum atomic E-state index is 12.0. The van der Waals surface area contributed by atoms with Gasteiger partial charge in [-0.2, -0.15) is 13.2 Å². The van der Waals surface area contributed by atoms with E-state index in [1.54, 1.807) is 18.2 Å². The predicted molar refractivity (Wildman–Crippen MR) is 76.2 cm³/mol. The number of anilines is 1. The van der Waals surface area contributed by atoms with Crippen LogP contribution in [-0.2, 0) is 6.54 Å². The molecule has 1 heterocycles. The zero-order valence-corrected chi connectivity index (χ0v) is 11.7. The van der Waals surface area contributed by atoms with E-state index in [9.17, 15) is 23.3 Å². The number of hydrogen-bond acceptors (Lipinski definition) is 5. The second kappa shape index (κ2) is 6.95. The Hall–Kier alpha value is -2.84. The number of non-ortho nitro benzene ring substituents is 1. The molecular weight excluding hydrogens is 315 g/mol. The molecule has 0 amide bonds. The average molecular weight is 327 g/mol. The number of hydrogen-bond donors (Lipinski definition) is 1. The normalized spacial score (nSPS) is 11.1. The highest BCUT2D eigenvalue weighted by atomic mass is 19.4. The molecule has 0 bridgehead atoms. The summed E-state index contributed by atoms with van der Waals surface area (Å²) in [5.41, 5.74) is 1.39. The number of nitrogens with one attached hydrogen (secondary N) is 1. The van der Waals surface area contributed by atoms with Gasteiger partial charge in [0.2, 0.25) is 5.88 Å². The van der Waals surface area contributed by atoms with Gasteiger partial charge in [0.1, 0.15) is 0 Å². The molecule has 0 aliphatic rings. The minimum absolute atomic E-state index is 0.0108. The molecule has 0 aliphatic heterocycles. The highest BCUT2D eigenvalue weighted by Crippen LogP contribution is 2.18. The van der Waals surface area contributed by atoms with Gasteiger partial charge in [-0.1, -0.05) is 6.07 Å². The number of halogens is 3. The van der Waals surface area contributed by atoms with E-state index in [2.05, 4.69) is 15.0 Å². The van der Waals surface area contributed by atoms with E-state index in [1.165, 1.54) is 24.4 Å². The van der Waals surface area contributed by atoms with Crippen LogP contribution in [0, 0.1) is 10.1 Å². The van der Waals surface area contributed by atoms with Gasteiger partial charge >= 0.3 is 6.18 Å². The smallest absolute Gasteiger partial charge is 0.422 e. The summed E-state index contributed by atoms with van der Waals surface area (Å²) in [5.74, 6) is -0.110. The summed E-state index contributed by atoms with van der Waals surface area (Å²) < 4.78 is 40.5. The summed E-state index contributed by atoms with van der Waals surface area (Å²) in [6, 6.07) is 8.79. The Labute approximate surface area is 129 Å². The van der Waals surface area contributed by atoms with Crippen molar-refractivity contribution in [2.45, 2.75) is 12.7 Å². The van der Waals surface area contributed by atoms with E-state index in [0.717, 1.165) is 5.56 Å². The number of aromatic nitrogens is 1. The number of rotatable bonds is 6. The summed E-state index contributed by atoms with van der Waals surface area (Å²) >= 11 is 0. The molecule has 0 spiro atoms.